The highest BCUT2D eigenvalue weighted by Gasteiger charge is 2.18. The zero-order chi connectivity index (χ0) is 20.7. The van der Waals surface area contributed by atoms with Crippen LogP contribution in [0.4, 0.5) is 11.4 Å². The Morgan fingerprint density at radius 3 is 2.48 bits per heavy atom. The Kier molecular flexibility index (Phi) is 6.87. The number of carbonyl (C=O) groups is 2. The van der Waals surface area contributed by atoms with Crippen molar-refractivity contribution < 1.29 is 18.0 Å². The number of nitrogens with one attached hydrogen (secondary N) is 2. The molecular formula is C21H25N3O4S. The van der Waals surface area contributed by atoms with Gasteiger partial charge in [0, 0.05) is 24.5 Å². The van der Waals surface area contributed by atoms with E-state index in [2.05, 4.69) is 10.6 Å². The van der Waals surface area contributed by atoms with Gasteiger partial charge in [-0.3, -0.25) is 9.59 Å². The monoisotopic (exact) mass is 415 g/mol. The summed E-state index contributed by atoms with van der Waals surface area (Å²) in [5.41, 5.74) is 2.49. The Hall–Kier alpha value is -2.87. The minimum absolute atomic E-state index is 0.0221. The molecule has 0 radical (unpaired) electrons. The fourth-order valence-corrected chi connectivity index (χ4v) is 4.42. The van der Waals surface area contributed by atoms with Crippen LogP contribution < -0.4 is 15.5 Å². The van der Waals surface area contributed by atoms with Crippen molar-refractivity contribution in [1.29, 1.82) is 0 Å². The van der Waals surface area contributed by atoms with Crippen molar-refractivity contribution in [1.82, 2.24) is 5.32 Å². The van der Waals surface area contributed by atoms with E-state index in [0.29, 0.717) is 31.6 Å². The molecule has 0 unspecified atom stereocenters. The predicted molar refractivity (Wildman–Crippen MR) is 114 cm³/mol. The first-order valence-corrected chi connectivity index (χ1v) is 11.4. The first kappa shape index (κ1) is 20.9. The molecule has 0 aliphatic carbocycles. The third kappa shape index (κ3) is 6.60. The number of carbonyl (C=O) groups excluding carboxylic acids is 2. The van der Waals surface area contributed by atoms with Crippen LogP contribution in [0.25, 0.3) is 0 Å². The maximum Gasteiger partial charge on any atom is 0.239 e. The number of sulfone groups is 1. The van der Waals surface area contributed by atoms with Gasteiger partial charge in [-0.2, -0.15) is 0 Å². The molecule has 2 aromatic carbocycles. The van der Waals surface area contributed by atoms with Crippen molar-refractivity contribution in [2.45, 2.75) is 12.8 Å². The second-order valence-corrected chi connectivity index (χ2v) is 9.23. The van der Waals surface area contributed by atoms with Crippen LogP contribution in [-0.2, 0) is 25.8 Å². The van der Waals surface area contributed by atoms with Crippen molar-refractivity contribution >= 4 is 33.0 Å². The number of piperazine rings is 1. The number of benzene rings is 2. The molecule has 1 aliphatic heterocycles. The zero-order valence-electron chi connectivity index (χ0n) is 16.1. The van der Waals surface area contributed by atoms with Crippen LogP contribution >= 0.6 is 0 Å². The van der Waals surface area contributed by atoms with Crippen LogP contribution in [-0.4, -0.2) is 51.4 Å². The maximum atomic E-state index is 12.2. The molecule has 7 nitrogen and oxygen atoms in total. The molecule has 0 aromatic heterocycles. The summed E-state index contributed by atoms with van der Waals surface area (Å²) in [6.45, 7) is 1.62. The second-order valence-electron chi connectivity index (χ2n) is 7.05. The van der Waals surface area contributed by atoms with E-state index in [9.17, 15) is 18.0 Å². The molecule has 2 amide bonds. The fraction of sp³-hybridized carbons (Fsp3) is 0.333. The molecule has 1 fully saturated rings. The Bertz CT molecular complexity index is 944. The summed E-state index contributed by atoms with van der Waals surface area (Å²) in [7, 11) is -3.47. The van der Waals surface area contributed by atoms with Gasteiger partial charge in [0.15, 0.2) is 9.84 Å². The van der Waals surface area contributed by atoms with Crippen LogP contribution in [0, 0.1) is 0 Å². The Morgan fingerprint density at radius 1 is 1.07 bits per heavy atom. The quantitative estimate of drug-likeness (QED) is 0.683. The SMILES string of the molecule is O=C1CN(c2ccc(NC(=O)CS(=O)(=O)CCCc3ccccc3)cc2)CCN1. The van der Waals surface area contributed by atoms with Gasteiger partial charge in [-0.25, -0.2) is 8.42 Å². The molecule has 1 heterocycles. The Morgan fingerprint density at radius 2 is 1.79 bits per heavy atom. The predicted octanol–water partition coefficient (Wildman–Crippen LogP) is 1.61. The number of rotatable bonds is 8. The van der Waals surface area contributed by atoms with E-state index in [4.69, 9.17) is 0 Å². The number of aryl methyl sites for hydroxylation is 1. The van der Waals surface area contributed by atoms with Crippen molar-refractivity contribution in [3.63, 3.8) is 0 Å². The highest BCUT2D eigenvalue weighted by molar-refractivity contribution is 7.92. The first-order chi connectivity index (χ1) is 13.9. The molecule has 29 heavy (non-hydrogen) atoms. The standard InChI is InChI=1S/C21H25N3O4S/c25-20-15-24(13-12-22-20)19-10-8-18(9-11-19)23-21(26)16-29(27,28)14-4-7-17-5-2-1-3-6-17/h1-3,5-6,8-11H,4,7,12-16H2,(H,22,25)(H,23,26). The van der Waals surface area contributed by atoms with Gasteiger partial charge in [-0.1, -0.05) is 30.3 Å². The summed E-state index contributed by atoms with van der Waals surface area (Å²) in [4.78, 5) is 25.6. The molecule has 8 heteroatoms. The van der Waals surface area contributed by atoms with E-state index in [1.807, 2.05) is 47.4 Å². The summed E-state index contributed by atoms with van der Waals surface area (Å²) in [5.74, 6) is -1.12. The molecular weight excluding hydrogens is 390 g/mol. The molecule has 0 saturated carbocycles. The van der Waals surface area contributed by atoms with Crippen LogP contribution in [0.15, 0.2) is 54.6 Å². The number of nitrogens with zero attached hydrogens (tertiary/aromatic N) is 1. The fourth-order valence-electron chi connectivity index (χ4n) is 3.22. The average Bonchev–Trinajstić information content (AvgIpc) is 2.69. The molecule has 2 N–H and O–H groups in total. The lowest BCUT2D eigenvalue weighted by atomic mass is 10.1. The van der Waals surface area contributed by atoms with Gasteiger partial charge in [0.2, 0.25) is 11.8 Å². The lowest BCUT2D eigenvalue weighted by Crippen LogP contribution is -2.47. The van der Waals surface area contributed by atoms with E-state index in [0.717, 1.165) is 17.8 Å². The van der Waals surface area contributed by atoms with Gasteiger partial charge in [0.05, 0.1) is 12.3 Å². The van der Waals surface area contributed by atoms with Gasteiger partial charge in [-0.15, -0.1) is 0 Å². The molecule has 154 valence electrons. The minimum atomic E-state index is -3.47. The van der Waals surface area contributed by atoms with E-state index in [1.54, 1.807) is 12.1 Å². The van der Waals surface area contributed by atoms with Crippen LogP contribution in [0.1, 0.15) is 12.0 Å². The van der Waals surface area contributed by atoms with Gasteiger partial charge in [0.1, 0.15) is 5.75 Å². The molecule has 0 bridgehead atoms. The highest BCUT2D eigenvalue weighted by atomic mass is 32.2. The highest BCUT2D eigenvalue weighted by Crippen LogP contribution is 2.18. The van der Waals surface area contributed by atoms with E-state index >= 15 is 0 Å². The van der Waals surface area contributed by atoms with Gasteiger partial charge in [0.25, 0.3) is 0 Å². The summed E-state index contributed by atoms with van der Waals surface area (Å²) in [6, 6.07) is 16.7. The van der Waals surface area contributed by atoms with Gasteiger partial charge in [-0.05, 0) is 42.7 Å². The zero-order valence-corrected chi connectivity index (χ0v) is 17.0. The number of anilines is 2. The lowest BCUT2D eigenvalue weighted by Gasteiger charge is -2.28. The summed E-state index contributed by atoms with van der Waals surface area (Å²) in [5, 5.41) is 5.40. The third-order valence-electron chi connectivity index (χ3n) is 4.67. The summed E-state index contributed by atoms with van der Waals surface area (Å²) in [6.07, 6.45) is 1.15. The largest absolute Gasteiger partial charge is 0.360 e. The van der Waals surface area contributed by atoms with Crippen molar-refractivity contribution in [3.8, 4) is 0 Å². The molecule has 0 atom stereocenters. The molecule has 2 aromatic rings. The average molecular weight is 416 g/mol. The maximum absolute atomic E-state index is 12.2. The normalized spacial score (nSPS) is 14.3. The Labute approximate surface area is 171 Å². The van der Waals surface area contributed by atoms with E-state index < -0.39 is 21.5 Å². The van der Waals surface area contributed by atoms with Crippen molar-refractivity contribution in [2.24, 2.45) is 0 Å². The van der Waals surface area contributed by atoms with Crippen molar-refractivity contribution in [3.05, 3.63) is 60.2 Å². The van der Waals surface area contributed by atoms with Gasteiger partial charge >= 0.3 is 0 Å². The molecule has 1 aliphatic rings. The van der Waals surface area contributed by atoms with Crippen LogP contribution in [0.3, 0.4) is 0 Å². The number of amides is 2. The van der Waals surface area contributed by atoms with Crippen molar-refractivity contribution in [2.75, 3.05) is 41.4 Å². The molecule has 0 spiro atoms. The number of hydrogen-bond donors (Lipinski definition) is 2. The topological polar surface area (TPSA) is 95.6 Å². The van der Waals surface area contributed by atoms with Crippen LogP contribution in [0.5, 0.6) is 0 Å². The Balaban J connectivity index is 1.47. The number of hydrogen-bond acceptors (Lipinski definition) is 5. The van der Waals surface area contributed by atoms with Gasteiger partial charge < -0.3 is 15.5 Å². The third-order valence-corrected chi connectivity index (χ3v) is 6.28. The summed E-state index contributed by atoms with van der Waals surface area (Å²) >= 11 is 0. The van der Waals surface area contributed by atoms with E-state index in [-0.39, 0.29) is 11.7 Å². The second kappa shape index (κ2) is 9.56. The van der Waals surface area contributed by atoms with Crippen LogP contribution in [0.2, 0.25) is 0 Å². The minimum Gasteiger partial charge on any atom is -0.360 e. The molecule has 3 rings (SSSR count). The van der Waals surface area contributed by atoms with E-state index in [1.165, 1.54) is 0 Å². The lowest BCUT2D eigenvalue weighted by molar-refractivity contribution is -0.120. The molecule has 1 saturated heterocycles. The summed E-state index contributed by atoms with van der Waals surface area (Å²) < 4.78 is 24.4. The first-order valence-electron chi connectivity index (χ1n) is 9.57. The smallest absolute Gasteiger partial charge is 0.239 e.